The molecule has 0 saturated heterocycles. The molecule has 31 heavy (non-hydrogen) atoms. The van der Waals surface area contributed by atoms with Crippen LogP contribution in [0.1, 0.15) is 40.0 Å². The number of ether oxygens (including phenoxy) is 2. The lowest BCUT2D eigenvalue weighted by atomic mass is 9.88. The Balaban J connectivity index is 1.66. The molecule has 160 valence electrons. The van der Waals surface area contributed by atoms with Crippen LogP contribution in [-0.4, -0.2) is 31.1 Å². The number of hydrogen-bond acceptors (Lipinski definition) is 4. The number of carbonyl (C=O) groups is 1. The highest BCUT2D eigenvalue weighted by molar-refractivity contribution is 9.10. The van der Waals surface area contributed by atoms with Crippen LogP contribution in [0.15, 0.2) is 71.2 Å². The first kappa shape index (κ1) is 21.6. The summed E-state index contributed by atoms with van der Waals surface area (Å²) >= 11 is 3.78. The Morgan fingerprint density at radius 3 is 2.58 bits per heavy atom. The lowest BCUT2D eigenvalue weighted by Gasteiger charge is -2.38. The number of hydrogen-bond donors (Lipinski definition) is 0. The molecule has 1 atom stereocenters. The van der Waals surface area contributed by atoms with E-state index in [1.54, 1.807) is 19.2 Å². The Bertz CT molecular complexity index is 1070. The third kappa shape index (κ3) is 4.68. The quantitative estimate of drug-likeness (QED) is 0.328. The minimum Gasteiger partial charge on any atom is -0.497 e. The van der Waals surface area contributed by atoms with Crippen LogP contribution in [0.3, 0.4) is 0 Å². The number of benzene rings is 3. The summed E-state index contributed by atoms with van der Waals surface area (Å²) in [4.78, 5) is 15.1. The maximum atomic E-state index is 12.6. The van der Waals surface area contributed by atoms with E-state index >= 15 is 0 Å². The van der Waals surface area contributed by atoms with E-state index in [0.717, 1.165) is 41.7 Å². The molecule has 1 unspecified atom stereocenters. The molecule has 3 aromatic carbocycles. The van der Waals surface area contributed by atoms with Gasteiger partial charge in [-0.05, 0) is 66.4 Å². The van der Waals surface area contributed by atoms with Gasteiger partial charge < -0.3 is 9.47 Å². The summed E-state index contributed by atoms with van der Waals surface area (Å²) in [5, 5.41) is 0. The van der Waals surface area contributed by atoms with Crippen molar-refractivity contribution in [3.8, 4) is 11.5 Å². The average molecular weight is 480 g/mol. The summed E-state index contributed by atoms with van der Waals surface area (Å²) in [7, 11) is 1.70. The Morgan fingerprint density at radius 2 is 1.84 bits per heavy atom. The second-order valence-corrected chi connectivity index (χ2v) is 8.50. The Kier molecular flexibility index (Phi) is 6.73. The van der Waals surface area contributed by atoms with Crippen LogP contribution in [0.4, 0.5) is 0 Å². The number of rotatable bonds is 6. The summed E-state index contributed by atoms with van der Waals surface area (Å²) in [6.45, 7) is 4.13. The highest BCUT2D eigenvalue weighted by atomic mass is 79.9. The van der Waals surface area contributed by atoms with Gasteiger partial charge >= 0.3 is 5.97 Å². The van der Waals surface area contributed by atoms with Crippen molar-refractivity contribution in [2.75, 3.05) is 20.2 Å². The zero-order chi connectivity index (χ0) is 21.8. The van der Waals surface area contributed by atoms with E-state index in [9.17, 15) is 4.79 Å². The number of para-hydroxylation sites is 1. The van der Waals surface area contributed by atoms with E-state index in [2.05, 4.69) is 33.8 Å². The number of fused-ring (bicyclic) bond motifs is 1. The minimum absolute atomic E-state index is 0.186. The molecule has 1 heterocycles. The Morgan fingerprint density at radius 1 is 1.10 bits per heavy atom. The van der Waals surface area contributed by atoms with Gasteiger partial charge in [0.15, 0.2) is 0 Å². The van der Waals surface area contributed by atoms with Crippen molar-refractivity contribution in [1.82, 2.24) is 4.90 Å². The molecule has 0 N–H and O–H groups in total. The van der Waals surface area contributed by atoms with Crippen molar-refractivity contribution in [2.24, 2.45) is 0 Å². The Labute approximate surface area is 191 Å². The molecule has 1 aliphatic rings. The van der Waals surface area contributed by atoms with Gasteiger partial charge in [-0.15, -0.1) is 0 Å². The van der Waals surface area contributed by atoms with E-state index in [1.807, 2.05) is 48.5 Å². The second kappa shape index (κ2) is 9.67. The van der Waals surface area contributed by atoms with E-state index in [0.29, 0.717) is 11.3 Å². The average Bonchev–Trinajstić information content (AvgIpc) is 2.80. The normalized spacial score (nSPS) is 15.9. The van der Waals surface area contributed by atoms with Crippen LogP contribution in [0.5, 0.6) is 11.5 Å². The summed E-state index contributed by atoms with van der Waals surface area (Å²) in [5.41, 5.74) is 4.16. The van der Waals surface area contributed by atoms with E-state index in [-0.39, 0.29) is 12.0 Å². The van der Waals surface area contributed by atoms with Crippen LogP contribution in [0.25, 0.3) is 0 Å². The molecule has 0 radical (unpaired) electrons. The van der Waals surface area contributed by atoms with Crippen molar-refractivity contribution in [3.05, 3.63) is 93.5 Å². The predicted molar refractivity (Wildman–Crippen MR) is 126 cm³/mol. The number of esters is 1. The summed E-state index contributed by atoms with van der Waals surface area (Å²) in [5.74, 6) is 1.14. The smallest absolute Gasteiger partial charge is 0.343 e. The van der Waals surface area contributed by atoms with Crippen molar-refractivity contribution in [1.29, 1.82) is 0 Å². The number of likely N-dealkylation sites (N-methyl/N-ethyl adjacent to an activating group) is 1. The fraction of sp³-hybridized carbons (Fsp3) is 0.269. The topological polar surface area (TPSA) is 38.8 Å². The van der Waals surface area contributed by atoms with Gasteiger partial charge in [-0.1, -0.05) is 59.3 Å². The number of methoxy groups -OCH3 is 1. The number of halogens is 1. The monoisotopic (exact) mass is 479 g/mol. The molecule has 0 aliphatic carbocycles. The van der Waals surface area contributed by atoms with Crippen molar-refractivity contribution in [2.45, 2.75) is 25.8 Å². The van der Waals surface area contributed by atoms with E-state index in [4.69, 9.17) is 9.47 Å². The molecule has 0 bridgehead atoms. The van der Waals surface area contributed by atoms with Crippen molar-refractivity contribution >= 4 is 21.9 Å². The molecule has 0 saturated carbocycles. The fourth-order valence-electron chi connectivity index (χ4n) is 4.27. The summed E-state index contributed by atoms with van der Waals surface area (Å²) in [6.07, 6.45) is 1.74. The van der Waals surface area contributed by atoms with Crippen LogP contribution in [0, 0.1) is 0 Å². The molecule has 4 nitrogen and oxygen atoms in total. The second-order valence-electron chi connectivity index (χ2n) is 7.64. The van der Waals surface area contributed by atoms with Crippen LogP contribution in [-0.2, 0) is 12.8 Å². The molecule has 1 aliphatic heterocycles. The summed E-state index contributed by atoms with van der Waals surface area (Å²) < 4.78 is 12.3. The predicted octanol–water partition coefficient (Wildman–Crippen LogP) is 5.84. The van der Waals surface area contributed by atoms with Gasteiger partial charge in [0.05, 0.1) is 12.7 Å². The highest BCUT2D eigenvalue weighted by Crippen LogP contribution is 2.40. The van der Waals surface area contributed by atoms with Crippen LogP contribution in [0.2, 0.25) is 0 Å². The molecule has 0 amide bonds. The highest BCUT2D eigenvalue weighted by Gasteiger charge is 2.30. The van der Waals surface area contributed by atoms with E-state index in [1.165, 1.54) is 11.1 Å². The van der Waals surface area contributed by atoms with E-state index < -0.39 is 0 Å². The van der Waals surface area contributed by atoms with Crippen molar-refractivity contribution in [3.63, 3.8) is 0 Å². The lowest BCUT2D eigenvalue weighted by molar-refractivity contribution is 0.0732. The largest absolute Gasteiger partial charge is 0.497 e. The first-order valence-electron chi connectivity index (χ1n) is 10.6. The molecule has 0 fully saturated rings. The van der Waals surface area contributed by atoms with Gasteiger partial charge in [0, 0.05) is 17.1 Å². The van der Waals surface area contributed by atoms with Gasteiger partial charge in [-0.2, -0.15) is 0 Å². The van der Waals surface area contributed by atoms with Gasteiger partial charge in [-0.25, -0.2) is 4.79 Å². The molecule has 3 aromatic rings. The third-order valence-corrected chi connectivity index (χ3v) is 6.53. The maximum Gasteiger partial charge on any atom is 0.343 e. The standard InChI is InChI=1S/C26H26BrNO3/c1-3-28-14-13-20-15-21(30-2)17-22(27)25(20)23(28)16-19-11-7-8-12-24(19)31-26(29)18-9-5-4-6-10-18/h4-12,15,17,23H,3,13-14,16H2,1-2H3. The SMILES string of the molecule is CCN1CCc2cc(OC)cc(Br)c2C1Cc1ccccc1OC(=O)c1ccccc1. The van der Waals surface area contributed by atoms with Crippen LogP contribution >= 0.6 is 15.9 Å². The third-order valence-electron chi connectivity index (χ3n) is 5.87. The zero-order valence-electron chi connectivity index (χ0n) is 17.8. The van der Waals surface area contributed by atoms with Gasteiger partial charge in [0.2, 0.25) is 0 Å². The zero-order valence-corrected chi connectivity index (χ0v) is 19.4. The number of nitrogens with zero attached hydrogens (tertiary/aromatic N) is 1. The molecule has 5 heteroatoms. The number of carbonyl (C=O) groups excluding carboxylic acids is 1. The molecule has 0 spiro atoms. The molecule has 0 aromatic heterocycles. The molecular formula is C26H26BrNO3. The molecule has 4 rings (SSSR count). The van der Waals surface area contributed by atoms with Gasteiger partial charge in [0.25, 0.3) is 0 Å². The maximum absolute atomic E-state index is 12.6. The fourth-order valence-corrected chi connectivity index (χ4v) is 5.02. The first-order valence-corrected chi connectivity index (χ1v) is 11.4. The first-order chi connectivity index (χ1) is 15.1. The summed E-state index contributed by atoms with van der Waals surface area (Å²) in [6, 6.07) is 21.3. The Hall–Kier alpha value is -2.63. The lowest BCUT2D eigenvalue weighted by Crippen LogP contribution is -2.36. The molecular weight excluding hydrogens is 454 g/mol. The van der Waals surface area contributed by atoms with Crippen LogP contribution < -0.4 is 9.47 Å². The minimum atomic E-state index is -0.338. The van der Waals surface area contributed by atoms with Gasteiger partial charge in [-0.3, -0.25) is 4.90 Å². The van der Waals surface area contributed by atoms with Gasteiger partial charge in [0.1, 0.15) is 11.5 Å². The van der Waals surface area contributed by atoms with Crippen molar-refractivity contribution < 1.29 is 14.3 Å².